The molecule has 0 spiro atoms. The zero-order valence-electron chi connectivity index (χ0n) is 14.4. The van der Waals surface area contributed by atoms with Crippen LogP contribution in [0.4, 0.5) is 5.69 Å². The summed E-state index contributed by atoms with van der Waals surface area (Å²) in [6.07, 6.45) is 1.04. The number of hydrogen-bond acceptors (Lipinski definition) is 5. The van der Waals surface area contributed by atoms with Gasteiger partial charge in [0.15, 0.2) is 0 Å². The number of aryl methyl sites for hydroxylation is 2. The molecule has 6 nitrogen and oxygen atoms in total. The van der Waals surface area contributed by atoms with Crippen molar-refractivity contribution in [1.29, 1.82) is 0 Å². The van der Waals surface area contributed by atoms with Crippen LogP contribution >= 0.6 is 0 Å². The zero-order chi connectivity index (χ0) is 18.4. The lowest BCUT2D eigenvalue weighted by Gasteiger charge is -2.10. The van der Waals surface area contributed by atoms with Crippen LogP contribution in [0.1, 0.15) is 21.5 Å². The fourth-order valence-corrected chi connectivity index (χ4v) is 2.87. The van der Waals surface area contributed by atoms with Crippen LogP contribution < -0.4 is 9.46 Å². The Balaban J connectivity index is 1.87. The third-order valence-corrected chi connectivity index (χ3v) is 3.79. The number of esters is 1. The lowest BCUT2D eigenvalue weighted by atomic mass is 10.1. The van der Waals surface area contributed by atoms with Gasteiger partial charge >= 0.3 is 5.97 Å². The number of sulfonamides is 1. The number of benzene rings is 2. The van der Waals surface area contributed by atoms with Crippen molar-refractivity contribution >= 4 is 21.7 Å². The van der Waals surface area contributed by atoms with Crippen LogP contribution in [0, 0.1) is 13.8 Å². The Kier molecular flexibility index (Phi) is 6.03. The number of carbonyl (C=O) groups excluding carboxylic acids is 1. The summed E-state index contributed by atoms with van der Waals surface area (Å²) < 4.78 is 35.5. The first kappa shape index (κ1) is 18.8. The first-order valence-electron chi connectivity index (χ1n) is 7.69. The number of carbonyl (C=O) groups is 1. The molecule has 0 fully saturated rings. The Morgan fingerprint density at radius 2 is 1.72 bits per heavy atom. The van der Waals surface area contributed by atoms with Crippen molar-refractivity contribution < 1.29 is 22.7 Å². The predicted octanol–water partition coefficient (Wildman–Crippen LogP) is 2.91. The molecule has 0 amide bonds. The van der Waals surface area contributed by atoms with Gasteiger partial charge in [0.1, 0.15) is 19.0 Å². The lowest BCUT2D eigenvalue weighted by molar-refractivity contribution is 0.0450. The van der Waals surface area contributed by atoms with Gasteiger partial charge in [0, 0.05) is 5.69 Å². The largest absolute Gasteiger partial charge is 0.490 e. The molecule has 2 aromatic carbocycles. The van der Waals surface area contributed by atoms with Gasteiger partial charge in [-0.1, -0.05) is 12.1 Å². The van der Waals surface area contributed by atoms with Gasteiger partial charge < -0.3 is 9.47 Å². The maximum atomic E-state index is 12.0. The minimum absolute atomic E-state index is 0.0928. The molecule has 0 bridgehead atoms. The summed E-state index contributed by atoms with van der Waals surface area (Å²) in [5.41, 5.74) is 2.77. The molecule has 0 aliphatic rings. The summed E-state index contributed by atoms with van der Waals surface area (Å²) in [7, 11) is -3.40. The van der Waals surface area contributed by atoms with Gasteiger partial charge in [-0.2, -0.15) is 0 Å². The number of nitrogens with one attached hydrogen (secondary N) is 1. The number of rotatable bonds is 7. The highest BCUT2D eigenvalue weighted by Gasteiger charge is 2.09. The summed E-state index contributed by atoms with van der Waals surface area (Å²) in [5, 5.41) is 0. The average Bonchev–Trinajstić information content (AvgIpc) is 2.49. The van der Waals surface area contributed by atoms with Crippen molar-refractivity contribution in [2.75, 3.05) is 24.2 Å². The molecule has 0 saturated carbocycles. The molecule has 0 radical (unpaired) electrons. The molecular weight excluding hydrogens is 342 g/mol. The van der Waals surface area contributed by atoms with Crippen LogP contribution in [0.25, 0.3) is 0 Å². The number of hydrogen-bond donors (Lipinski definition) is 1. The minimum Gasteiger partial charge on any atom is -0.490 e. The summed E-state index contributed by atoms with van der Waals surface area (Å²) in [5.74, 6) is 0.189. The fourth-order valence-electron chi connectivity index (χ4n) is 2.32. The first-order chi connectivity index (χ1) is 11.7. The highest BCUT2D eigenvalue weighted by molar-refractivity contribution is 7.92. The van der Waals surface area contributed by atoms with Crippen molar-refractivity contribution in [1.82, 2.24) is 0 Å². The number of ether oxygens (including phenoxy) is 2. The average molecular weight is 363 g/mol. The van der Waals surface area contributed by atoms with Crippen LogP contribution in [0.2, 0.25) is 0 Å². The molecule has 0 aromatic heterocycles. The number of anilines is 1. The third-order valence-electron chi connectivity index (χ3n) is 3.18. The Morgan fingerprint density at radius 1 is 1.04 bits per heavy atom. The first-order valence-corrected chi connectivity index (χ1v) is 9.58. The van der Waals surface area contributed by atoms with Crippen molar-refractivity contribution in [2.24, 2.45) is 0 Å². The zero-order valence-corrected chi connectivity index (χ0v) is 15.2. The second-order valence-corrected chi connectivity index (χ2v) is 7.51. The highest BCUT2D eigenvalue weighted by Crippen LogP contribution is 2.16. The maximum Gasteiger partial charge on any atom is 0.338 e. The molecule has 2 rings (SSSR count). The molecule has 0 unspecified atom stereocenters. The van der Waals surface area contributed by atoms with Crippen molar-refractivity contribution in [3.8, 4) is 5.75 Å². The molecule has 0 heterocycles. The van der Waals surface area contributed by atoms with Crippen LogP contribution in [-0.2, 0) is 14.8 Å². The molecule has 25 heavy (non-hydrogen) atoms. The molecule has 0 saturated heterocycles. The van der Waals surface area contributed by atoms with E-state index in [-0.39, 0.29) is 18.8 Å². The Morgan fingerprint density at radius 3 is 2.36 bits per heavy atom. The molecular formula is C18H21NO5S. The van der Waals surface area contributed by atoms with E-state index < -0.39 is 16.0 Å². The molecule has 0 atom stereocenters. The van der Waals surface area contributed by atoms with Crippen LogP contribution in [-0.4, -0.2) is 33.9 Å². The van der Waals surface area contributed by atoms with E-state index in [1.165, 1.54) is 6.07 Å². The third kappa shape index (κ3) is 6.46. The minimum atomic E-state index is -3.40. The summed E-state index contributed by atoms with van der Waals surface area (Å²) in [6.45, 7) is 4.29. The summed E-state index contributed by atoms with van der Waals surface area (Å²) in [6, 6.07) is 12.0. The molecule has 1 N–H and O–H groups in total. The molecule has 7 heteroatoms. The molecule has 0 aliphatic carbocycles. The second kappa shape index (κ2) is 8.02. The van der Waals surface area contributed by atoms with E-state index in [0.29, 0.717) is 5.69 Å². The fraction of sp³-hybridized carbons (Fsp3) is 0.278. The van der Waals surface area contributed by atoms with Crippen LogP contribution in [0.3, 0.4) is 0 Å². The predicted molar refractivity (Wildman–Crippen MR) is 96.6 cm³/mol. The van der Waals surface area contributed by atoms with Gasteiger partial charge in [-0.3, -0.25) is 4.72 Å². The van der Waals surface area contributed by atoms with Crippen LogP contribution in [0.15, 0.2) is 42.5 Å². The normalized spacial score (nSPS) is 11.0. The SMILES string of the molecule is Cc1cc(C)cc(OCCOC(=O)c2cccc(NS(C)(=O)=O)c2)c1. The van der Waals surface area contributed by atoms with Crippen molar-refractivity contribution in [3.05, 3.63) is 59.2 Å². The van der Waals surface area contributed by atoms with Gasteiger partial charge in [0.05, 0.1) is 11.8 Å². The molecule has 0 aliphatic heterocycles. The Bertz CT molecular complexity index is 841. The lowest BCUT2D eigenvalue weighted by Crippen LogP contribution is -2.13. The van der Waals surface area contributed by atoms with E-state index in [0.717, 1.165) is 23.1 Å². The van der Waals surface area contributed by atoms with E-state index in [1.54, 1.807) is 18.2 Å². The van der Waals surface area contributed by atoms with Crippen molar-refractivity contribution in [3.63, 3.8) is 0 Å². The summed E-state index contributed by atoms with van der Waals surface area (Å²) in [4.78, 5) is 12.0. The topological polar surface area (TPSA) is 81.7 Å². The standard InChI is InChI=1S/C18H21NO5S/c1-13-9-14(2)11-17(10-13)23-7-8-24-18(20)15-5-4-6-16(12-15)19-25(3,21)22/h4-6,9-12,19H,7-8H2,1-3H3. The van der Waals surface area contributed by atoms with Gasteiger partial charge in [0.25, 0.3) is 0 Å². The highest BCUT2D eigenvalue weighted by atomic mass is 32.2. The van der Waals surface area contributed by atoms with Gasteiger partial charge in [-0.05, 0) is 55.3 Å². The molecule has 134 valence electrons. The Hall–Kier alpha value is -2.54. The van der Waals surface area contributed by atoms with Gasteiger partial charge in [-0.15, -0.1) is 0 Å². The van der Waals surface area contributed by atoms with Crippen molar-refractivity contribution in [2.45, 2.75) is 13.8 Å². The van der Waals surface area contributed by atoms with Crippen LogP contribution in [0.5, 0.6) is 5.75 Å². The monoisotopic (exact) mass is 363 g/mol. The van der Waals surface area contributed by atoms with E-state index >= 15 is 0 Å². The Labute approximate surface area is 147 Å². The maximum absolute atomic E-state index is 12.0. The van der Waals surface area contributed by atoms with E-state index in [4.69, 9.17) is 9.47 Å². The van der Waals surface area contributed by atoms with E-state index in [2.05, 4.69) is 4.72 Å². The smallest absolute Gasteiger partial charge is 0.338 e. The van der Waals surface area contributed by atoms with Gasteiger partial charge in [0.2, 0.25) is 10.0 Å². The van der Waals surface area contributed by atoms with E-state index in [9.17, 15) is 13.2 Å². The second-order valence-electron chi connectivity index (χ2n) is 5.76. The molecule has 2 aromatic rings. The van der Waals surface area contributed by atoms with E-state index in [1.807, 2.05) is 32.0 Å². The quantitative estimate of drug-likeness (QED) is 0.604. The summed E-state index contributed by atoms with van der Waals surface area (Å²) >= 11 is 0. The van der Waals surface area contributed by atoms with Gasteiger partial charge in [-0.25, -0.2) is 13.2 Å².